The summed E-state index contributed by atoms with van der Waals surface area (Å²) in [6, 6.07) is 21.3. The Bertz CT molecular complexity index is 1110. The van der Waals surface area contributed by atoms with Crippen LogP contribution in [0.5, 0.6) is 0 Å². The van der Waals surface area contributed by atoms with E-state index in [1.54, 1.807) is 24.3 Å². The van der Waals surface area contributed by atoms with Gasteiger partial charge in [-0.1, -0.05) is 48.0 Å². The molecule has 0 heterocycles. The molecule has 1 amide bonds. The maximum Gasteiger partial charge on any atom is 0.270 e. The van der Waals surface area contributed by atoms with Crippen LogP contribution in [0.2, 0.25) is 0 Å². The Balaban J connectivity index is 1.99. The van der Waals surface area contributed by atoms with Crippen LogP contribution < -0.4 is 4.31 Å². The van der Waals surface area contributed by atoms with Crippen molar-refractivity contribution in [2.75, 3.05) is 10.1 Å². The van der Waals surface area contributed by atoms with Crippen molar-refractivity contribution in [3.05, 3.63) is 89.5 Å². The van der Waals surface area contributed by atoms with Crippen molar-refractivity contribution in [3.8, 4) is 0 Å². The highest BCUT2D eigenvalue weighted by Crippen LogP contribution is 2.30. The first-order valence-corrected chi connectivity index (χ1v) is 11.6. The second-order valence-electron chi connectivity index (χ2n) is 6.87. The first kappa shape index (κ1) is 21.1. The van der Waals surface area contributed by atoms with E-state index in [-0.39, 0.29) is 10.6 Å². The fraction of sp³-hybridized carbons (Fsp3) is 0.174. The van der Waals surface area contributed by atoms with E-state index in [4.69, 9.17) is 0 Å². The number of aryl methyl sites for hydroxylation is 3. The molecule has 0 aliphatic carbocycles. The molecular weight excluding hydrogens is 402 g/mol. The van der Waals surface area contributed by atoms with Gasteiger partial charge in [-0.2, -0.15) is 0 Å². The van der Waals surface area contributed by atoms with E-state index in [0.29, 0.717) is 5.69 Å². The Kier molecular flexibility index (Phi) is 6.45. The van der Waals surface area contributed by atoms with Gasteiger partial charge < -0.3 is 0 Å². The molecule has 0 aliphatic heterocycles. The summed E-state index contributed by atoms with van der Waals surface area (Å²) in [5, 5.41) is 0. The van der Waals surface area contributed by atoms with E-state index in [1.807, 2.05) is 57.2 Å². The average Bonchev–Trinajstić information content (AvgIpc) is 2.71. The summed E-state index contributed by atoms with van der Waals surface area (Å²) in [5.41, 5.74) is 3.13. The lowest BCUT2D eigenvalue weighted by molar-refractivity contribution is -0.115. The molecule has 29 heavy (non-hydrogen) atoms. The molecule has 0 saturated carbocycles. The number of carbonyl (C=O) groups is 1. The summed E-state index contributed by atoms with van der Waals surface area (Å²) in [6.07, 6.45) is 0. The molecule has 0 aliphatic rings. The highest BCUT2D eigenvalue weighted by molar-refractivity contribution is 8.00. The number of benzene rings is 3. The normalized spacial score (nSPS) is 11.3. The zero-order valence-electron chi connectivity index (χ0n) is 16.6. The van der Waals surface area contributed by atoms with E-state index in [9.17, 15) is 13.2 Å². The van der Waals surface area contributed by atoms with Crippen LogP contribution in [-0.2, 0) is 14.8 Å². The van der Waals surface area contributed by atoms with Gasteiger partial charge in [-0.05, 0) is 62.2 Å². The van der Waals surface area contributed by atoms with E-state index >= 15 is 0 Å². The van der Waals surface area contributed by atoms with Crippen molar-refractivity contribution >= 4 is 33.4 Å². The van der Waals surface area contributed by atoms with Crippen molar-refractivity contribution in [3.63, 3.8) is 0 Å². The summed E-state index contributed by atoms with van der Waals surface area (Å²) in [5.74, 6) is -0.462. The lowest BCUT2D eigenvalue weighted by Crippen LogP contribution is -2.38. The Labute approximate surface area is 176 Å². The maximum absolute atomic E-state index is 13.4. The minimum atomic E-state index is -4.03. The third kappa shape index (κ3) is 4.89. The smallest absolute Gasteiger partial charge is 0.270 e. The lowest BCUT2D eigenvalue weighted by atomic mass is 10.1. The van der Waals surface area contributed by atoms with E-state index < -0.39 is 15.9 Å². The first-order valence-electron chi connectivity index (χ1n) is 9.19. The van der Waals surface area contributed by atoms with Crippen LogP contribution >= 0.6 is 11.8 Å². The molecule has 0 fully saturated rings. The number of rotatable bonds is 6. The highest BCUT2D eigenvalue weighted by Gasteiger charge is 2.31. The maximum atomic E-state index is 13.4. The fourth-order valence-corrected chi connectivity index (χ4v) is 5.20. The summed E-state index contributed by atoms with van der Waals surface area (Å²) < 4.78 is 27.7. The number of carbonyl (C=O) groups excluding carboxylic acids is 1. The molecule has 150 valence electrons. The zero-order chi connectivity index (χ0) is 21.0. The van der Waals surface area contributed by atoms with Crippen LogP contribution in [0.4, 0.5) is 5.69 Å². The monoisotopic (exact) mass is 425 g/mol. The van der Waals surface area contributed by atoms with Crippen LogP contribution in [0, 0.1) is 20.8 Å². The number of hydrogen-bond donors (Lipinski definition) is 0. The lowest BCUT2D eigenvalue weighted by Gasteiger charge is -2.24. The van der Waals surface area contributed by atoms with Crippen molar-refractivity contribution in [1.82, 2.24) is 0 Å². The highest BCUT2D eigenvalue weighted by atomic mass is 32.2. The SMILES string of the molecule is Cc1ccc(SCC(=O)N(c2cc(C)ccc2C)S(=O)(=O)c2ccccc2)cc1. The summed E-state index contributed by atoms with van der Waals surface area (Å²) in [4.78, 5) is 14.2. The standard InChI is InChI=1S/C23H23NO3S2/c1-17-10-13-20(14-11-17)28-16-23(25)24(22-15-18(2)9-12-19(22)3)29(26,27)21-7-5-4-6-8-21/h4-15H,16H2,1-3H3. The zero-order valence-corrected chi connectivity index (χ0v) is 18.3. The number of anilines is 1. The van der Waals surface area contributed by atoms with Gasteiger partial charge in [0.15, 0.2) is 0 Å². The first-order chi connectivity index (χ1) is 13.8. The molecule has 0 atom stereocenters. The van der Waals surface area contributed by atoms with Gasteiger partial charge in [0.05, 0.1) is 16.3 Å². The van der Waals surface area contributed by atoms with Gasteiger partial charge in [0, 0.05) is 4.90 Å². The predicted octanol–water partition coefficient (Wildman–Crippen LogP) is 5.13. The summed E-state index contributed by atoms with van der Waals surface area (Å²) >= 11 is 1.33. The molecule has 3 aromatic rings. The van der Waals surface area contributed by atoms with Gasteiger partial charge in [0.25, 0.3) is 15.9 Å². The van der Waals surface area contributed by atoms with Crippen molar-refractivity contribution in [1.29, 1.82) is 0 Å². The number of hydrogen-bond acceptors (Lipinski definition) is 4. The number of nitrogens with zero attached hydrogens (tertiary/aromatic N) is 1. The van der Waals surface area contributed by atoms with Gasteiger partial charge in [0.2, 0.25) is 0 Å². The molecule has 4 nitrogen and oxygen atoms in total. The number of amides is 1. The topological polar surface area (TPSA) is 54.5 Å². The molecule has 0 unspecified atom stereocenters. The fourth-order valence-electron chi connectivity index (χ4n) is 2.87. The molecule has 6 heteroatoms. The van der Waals surface area contributed by atoms with Crippen molar-refractivity contribution in [2.24, 2.45) is 0 Å². The molecule has 0 N–H and O–H groups in total. The molecule has 3 aromatic carbocycles. The Hall–Kier alpha value is -2.57. The van der Waals surface area contributed by atoms with Gasteiger partial charge in [0.1, 0.15) is 0 Å². The van der Waals surface area contributed by atoms with Gasteiger partial charge in [-0.15, -0.1) is 11.8 Å². The third-order valence-electron chi connectivity index (χ3n) is 4.47. The molecule has 0 spiro atoms. The predicted molar refractivity (Wildman–Crippen MR) is 119 cm³/mol. The molecule has 0 bridgehead atoms. The molecule has 0 aromatic heterocycles. The van der Waals surface area contributed by atoms with E-state index in [0.717, 1.165) is 25.9 Å². The van der Waals surface area contributed by atoms with Crippen molar-refractivity contribution in [2.45, 2.75) is 30.6 Å². The van der Waals surface area contributed by atoms with Crippen LogP contribution in [0.25, 0.3) is 0 Å². The quantitative estimate of drug-likeness (QED) is 0.514. The number of thioether (sulfide) groups is 1. The Morgan fingerprint density at radius 3 is 2.14 bits per heavy atom. The van der Waals surface area contributed by atoms with Crippen LogP contribution in [0.3, 0.4) is 0 Å². The van der Waals surface area contributed by atoms with Crippen LogP contribution in [0.15, 0.2) is 82.6 Å². The van der Waals surface area contributed by atoms with Gasteiger partial charge in [-0.3, -0.25) is 4.79 Å². The minimum absolute atomic E-state index is 0.0164. The molecular formula is C23H23NO3S2. The average molecular weight is 426 g/mol. The minimum Gasteiger partial charge on any atom is -0.272 e. The van der Waals surface area contributed by atoms with Crippen molar-refractivity contribution < 1.29 is 13.2 Å². The second-order valence-corrected chi connectivity index (χ2v) is 9.70. The summed E-state index contributed by atoms with van der Waals surface area (Å²) in [6.45, 7) is 5.68. The second kappa shape index (κ2) is 8.84. The molecule has 0 saturated heterocycles. The van der Waals surface area contributed by atoms with Crippen LogP contribution in [0.1, 0.15) is 16.7 Å². The number of sulfonamides is 1. The van der Waals surface area contributed by atoms with Gasteiger partial charge >= 0.3 is 0 Å². The largest absolute Gasteiger partial charge is 0.272 e. The third-order valence-corrected chi connectivity index (χ3v) is 7.22. The Morgan fingerprint density at radius 1 is 0.862 bits per heavy atom. The molecule has 0 radical (unpaired) electrons. The van der Waals surface area contributed by atoms with E-state index in [1.165, 1.54) is 23.9 Å². The summed E-state index contributed by atoms with van der Waals surface area (Å²) in [7, 11) is -4.03. The van der Waals surface area contributed by atoms with Crippen LogP contribution in [-0.4, -0.2) is 20.1 Å². The molecule has 3 rings (SSSR count). The van der Waals surface area contributed by atoms with E-state index in [2.05, 4.69) is 0 Å². The van der Waals surface area contributed by atoms with Gasteiger partial charge in [-0.25, -0.2) is 12.7 Å². The Morgan fingerprint density at radius 2 is 1.48 bits per heavy atom.